The first-order chi connectivity index (χ1) is 9.27. The van der Waals surface area contributed by atoms with Gasteiger partial charge >= 0.3 is 0 Å². The summed E-state index contributed by atoms with van der Waals surface area (Å²) in [6.45, 7) is 10.5. The van der Waals surface area contributed by atoms with Crippen LogP contribution in [0.5, 0.6) is 0 Å². The van der Waals surface area contributed by atoms with Crippen LogP contribution in [-0.2, 0) is 6.42 Å². The van der Waals surface area contributed by atoms with E-state index in [9.17, 15) is 5.11 Å². The SMILES string of the molecule is CC1SCC(c2noc(CC(O)C(C)(C)C)n2)SC1C. The summed E-state index contributed by atoms with van der Waals surface area (Å²) < 4.78 is 5.30. The molecule has 4 unspecified atom stereocenters. The van der Waals surface area contributed by atoms with E-state index in [4.69, 9.17) is 4.52 Å². The number of aliphatic hydroxyl groups excluding tert-OH is 1. The second kappa shape index (κ2) is 6.28. The van der Waals surface area contributed by atoms with Gasteiger partial charge in [0.15, 0.2) is 5.82 Å². The summed E-state index contributed by atoms with van der Waals surface area (Å²) in [7, 11) is 0. The normalized spacial score (nSPS) is 29.4. The van der Waals surface area contributed by atoms with Crippen molar-refractivity contribution in [3.63, 3.8) is 0 Å². The highest BCUT2D eigenvalue weighted by atomic mass is 32.2. The minimum Gasteiger partial charge on any atom is -0.392 e. The van der Waals surface area contributed by atoms with Crippen LogP contribution in [0.2, 0.25) is 0 Å². The molecule has 0 aromatic carbocycles. The Hall–Kier alpha value is -0.200. The van der Waals surface area contributed by atoms with Gasteiger partial charge in [-0.15, -0.1) is 11.8 Å². The molecular weight excluding hydrogens is 292 g/mol. The lowest BCUT2D eigenvalue weighted by Gasteiger charge is -2.29. The van der Waals surface area contributed by atoms with E-state index < -0.39 is 6.10 Å². The third-order valence-electron chi connectivity index (χ3n) is 3.69. The molecule has 1 fully saturated rings. The van der Waals surface area contributed by atoms with Crippen molar-refractivity contribution in [1.29, 1.82) is 0 Å². The number of aromatic nitrogens is 2. The molecule has 0 spiro atoms. The number of nitrogens with zero attached hydrogens (tertiary/aromatic N) is 2. The van der Waals surface area contributed by atoms with Crippen LogP contribution in [0, 0.1) is 5.41 Å². The first kappa shape index (κ1) is 16.2. The predicted octanol–water partition coefficient (Wildman–Crippen LogP) is 3.32. The molecule has 0 saturated carbocycles. The molecule has 2 heterocycles. The molecule has 0 amide bonds. The van der Waals surface area contributed by atoms with Crippen LogP contribution in [0.1, 0.15) is 51.6 Å². The number of hydrogen-bond acceptors (Lipinski definition) is 6. The lowest BCUT2D eigenvalue weighted by molar-refractivity contribution is 0.0565. The fourth-order valence-electron chi connectivity index (χ4n) is 1.87. The highest BCUT2D eigenvalue weighted by molar-refractivity contribution is 8.07. The fourth-order valence-corrected chi connectivity index (χ4v) is 4.71. The van der Waals surface area contributed by atoms with E-state index in [0.29, 0.717) is 28.1 Å². The zero-order chi connectivity index (χ0) is 14.9. The van der Waals surface area contributed by atoms with E-state index in [0.717, 1.165) is 11.6 Å². The van der Waals surface area contributed by atoms with E-state index in [2.05, 4.69) is 24.0 Å². The maximum atomic E-state index is 10.1. The van der Waals surface area contributed by atoms with Gasteiger partial charge < -0.3 is 9.63 Å². The van der Waals surface area contributed by atoms with Gasteiger partial charge in [0.25, 0.3) is 0 Å². The van der Waals surface area contributed by atoms with E-state index in [1.165, 1.54) is 0 Å². The maximum Gasteiger partial charge on any atom is 0.229 e. The van der Waals surface area contributed by atoms with Gasteiger partial charge in [0.2, 0.25) is 5.89 Å². The Morgan fingerprint density at radius 1 is 1.35 bits per heavy atom. The molecule has 0 radical (unpaired) electrons. The van der Waals surface area contributed by atoms with Gasteiger partial charge in [-0.3, -0.25) is 0 Å². The quantitative estimate of drug-likeness (QED) is 0.923. The minimum absolute atomic E-state index is 0.173. The Bertz CT molecular complexity index is 445. The minimum atomic E-state index is -0.469. The Morgan fingerprint density at radius 3 is 2.65 bits per heavy atom. The summed E-state index contributed by atoms with van der Waals surface area (Å²) in [5, 5.41) is 15.8. The molecule has 1 aromatic heterocycles. The summed E-state index contributed by atoms with van der Waals surface area (Å²) >= 11 is 3.88. The summed E-state index contributed by atoms with van der Waals surface area (Å²) in [6, 6.07) is 0. The van der Waals surface area contributed by atoms with E-state index >= 15 is 0 Å². The van der Waals surface area contributed by atoms with Gasteiger partial charge in [0.1, 0.15) is 0 Å². The molecule has 1 N–H and O–H groups in total. The lowest BCUT2D eigenvalue weighted by Crippen LogP contribution is -2.28. The van der Waals surface area contributed by atoms with Gasteiger partial charge in [-0.05, 0) is 5.41 Å². The molecule has 2 rings (SSSR count). The molecule has 4 nitrogen and oxygen atoms in total. The van der Waals surface area contributed by atoms with Crippen molar-refractivity contribution in [1.82, 2.24) is 10.1 Å². The van der Waals surface area contributed by atoms with Crippen molar-refractivity contribution in [2.75, 3.05) is 5.75 Å². The molecule has 1 aliphatic rings. The van der Waals surface area contributed by atoms with Crippen molar-refractivity contribution >= 4 is 23.5 Å². The molecule has 114 valence electrons. The standard InChI is InChI=1S/C14H24N2O2S2/c1-8-9(2)20-10(7-19-8)13-15-12(18-16-13)6-11(17)14(3,4)5/h8-11,17H,6-7H2,1-5H3. The molecule has 1 aliphatic heterocycles. The van der Waals surface area contributed by atoms with Crippen molar-refractivity contribution in [3.8, 4) is 0 Å². The van der Waals surface area contributed by atoms with Crippen LogP contribution in [0.4, 0.5) is 0 Å². The lowest BCUT2D eigenvalue weighted by atomic mass is 9.87. The Morgan fingerprint density at radius 2 is 2.05 bits per heavy atom. The smallest absolute Gasteiger partial charge is 0.229 e. The summed E-state index contributed by atoms with van der Waals surface area (Å²) in [4.78, 5) is 4.47. The molecule has 0 bridgehead atoms. The number of aliphatic hydroxyl groups is 1. The maximum absolute atomic E-state index is 10.1. The Balaban J connectivity index is 1.99. The van der Waals surface area contributed by atoms with Crippen LogP contribution in [0.3, 0.4) is 0 Å². The second-order valence-electron chi connectivity index (χ2n) is 6.50. The van der Waals surface area contributed by atoms with Gasteiger partial charge in [-0.1, -0.05) is 39.8 Å². The highest BCUT2D eigenvalue weighted by Crippen LogP contribution is 2.43. The zero-order valence-corrected chi connectivity index (χ0v) is 14.4. The Kier molecular flexibility index (Phi) is 5.08. The molecule has 1 saturated heterocycles. The molecule has 4 atom stereocenters. The molecule has 6 heteroatoms. The summed E-state index contributed by atoms with van der Waals surface area (Å²) in [6.07, 6.45) is -0.0457. The predicted molar refractivity (Wildman–Crippen MR) is 85.2 cm³/mol. The zero-order valence-electron chi connectivity index (χ0n) is 12.8. The second-order valence-corrected chi connectivity index (χ2v) is 9.50. The van der Waals surface area contributed by atoms with Crippen LogP contribution < -0.4 is 0 Å². The first-order valence-electron chi connectivity index (χ1n) is 7.05. The van der Waals surface area contributed by atoms with Crippen LogP contribution in [0.25, 0.3) is 0 Å². The van der Waals surface area contributed by atoms with Crippen molar-refractivity contribution < 1.29 is 9.63 Å². The molecule has 20 heavy (non-hydrogen) atoms. The average Bonchev–Trinajstić information content (AvgIpc) is 2.80. The fraction of sp³-hybridized carbons (Fsp3) is 0.857. The number of rotatable bonds is 3. The average molecular weight is 316 g/mol. The van der Waals surface area contributed by atoms with Gasteiger partial charge in [0.05, 0.1) is 17.8 Å². The van der Waals surface area contributed by atoms with Crippen molar-refractivity contribution in [3.05, 3.63) is 11.7 Å². The molecule has 1 aromatic rings. The van der Waals surface area contributed by atoms with Crippen LogP contribution >= 0.6 is 23.5 Å². The number of hydrogen-bond donors (Lipinski definition) is 1. The topological polar surface area (TPSA) is 59.2 Å². The monoisotopic (exact) mass is 316 g/mol. The third kappa shape index (κ3) is 3.92. The molecular formula is C14H24N2O2S2. The summed E-state index contributed by atoms with van der Waals surface area (Å²) in [5.41, 5.74) is -0.173. The third-order valence-corrected chi connectivity index (χ3v) is 7.08. The van der Waals surface area contributed by atoms with Crippen LogP contribution in [0.15, 0.2) is 4.52 Å². The van der Waals surface area contributed by atoms with E-state index in [1.54, 1.807) is 0 Å². The van der Waals surface area contributed by atoms with Crippen molar-refractivity contribution in [2.24, 2.45) is 5.41 Å². The van der Waals surface area contributed by atoms with Crippen molar-refractivity contribution in [2.45, 2.75) is 62.9 Å². The van der Waals surface area contributed by atoms with E-state index in [1.807, 2.05) is 44.3 Å². The summed E-state index contributed by atoms with van der Waals surface area (Å²) in [5.74, 6) is 2.34. The highest BCUT2D eigenvalue weighted by Gasteiger charge is 2.31. The molecule has 0 aliphatic carbocycles. The van der Waals surface area contributed by atoms with Gasteiger partial charge in [-0.25, -0.2) is 0 Å². The van der Waals surface area contributed by atoms with Crippen LogP contribution in [-0.4, -0.2) is 37.6 Å². The van der Waals surface area contributed by atoms with E-state index in [-0.39, 0.29) is 5.41 Å². The van der Waals surface area contributed by atoms with Gasteiger partial charge in [-0.2, -0.15) is 16.7 Å². The van der Waals surface area contributed by atoms with Gasteiger partial charge in [0, 0.05) is 16.3 Å². The first-order valence-corrected chi connectivity index (χ1v) is 9.04. The Labute approximate surface area is 129 Å². The largest absolute Gasteiger partial charge is 0.392 e. The number of thioether (sulfide) groups is 2.